The topological polar surface area (TPSA) is 213 Å². The standard InChI is InChI=1S/C23H27N7O2.C12H12N2O4.C8H9NO.2C2H6/c24-23-20(12-19(26-27-23)18-8-4-5-9-21(18)31)30-14-17(13-25-30)29-11-10-28(15-22(29)32)16-6-2-1-3-7-16;15-10-4-1-5-11(16)14(10)8-13-6-2-3-9(7-13)12(17)18;1-2-4-8-7(3-1)9-5-6-10-8;2*1-2/h4-5,8-9,12-14,16,31H,1-3,6-7,10-11,15H2,(H2,24,27);2-3,6-7H,1,4-5,8H2;1-4,9H,5-6H2;2*1-2H3/p+1. The summed E-state index contributed by atoms with van der Waals surface area (Å²) in [5, 5.41) is 34.8. The molecule has 6 heterocycles. The van der Waals surface area contributed by atoms with Gasteiger partial charge in [-0.2, -0.15) is 9.67 Å². The molecule has 0 unspecified atom stereocenters. The number of hydrogen-bond acceptors (Lipinski definition) is 12. The van der Waals surface area contributed by atoms with Crippen LogP contribution in [0.5, 0.6) is 11.5 Å². The molecule has 17 heteroatoms. The lowest BCUT2D eigenvalue weighted by molar-refractivity contribution is -0.710. The molecule has 0 atom stereocenters. The lowest BCUT2D eigenvalue weighted by atomic mass is 9.94. The first-order valence-corrected chi connectivity index (χ1v) is 22.2. The number of carbonyl (C=O) groups excluding carboxylic acids is 3. The van der Waals surface area contributed by atoms with Crippen LogP contribution < -0.4 is 25.3 Å². The number of nitrogens with one attached hydrogen (secondary N) is 1. The second kappa shape index (κ2) is 24.1. The minimum absolute atomic E-state index is 0.0682. The van der Waals surface area contributed by atoms with Crippen molar-refractivity contribution in [1.29, 1.82) is 0 Å². The number of pyridine rings is 1. The molecule has 64 heavy (non-hydrogen) atoms. The number of ether oxygens (including phenoxy) is 1. The smallest absolute Gasteiger partial charge is 0.341 e. The van der Waals surface area contributed by atoms with Gasteiger partial charge in [0, 0.05) is 50.1 Å². The number of benzene rings is 2. The van der Waals surface area contributed by atoms with E-state index >= 15 is 0 Å². The molecule has 3 fully saturated rings. The van der Waals surface area contributed by atoms with Crippen molar-refractivity contribution in [3.8, 4) is 28.4 Å². The van der Waals surface area contributed by atoms with E-state index in [9.17, 15) is 24.3 Å². The van der Waals surface area contributed by atoms with Crippen molar-refractivity contribution in [2.75, 3.05) is 48.7 Å². The van der Waals surface area contributed by atoms with Crippen molar-refractivity contribution in [3.05, 3.63) is 97.1 Å². The number of nitrogens with two attached hydrogens (primary N) is 1. The summed E-state index contributed by atoms with van der Waals surface area (Å²) in [6.07, 6.45) is 14.0. The van der Waals surface area contributed by atoms with E-state index in [1.807, 2.05) is 58.0 Å². The first kappa shape index (κ1) is 48.2. The number of piperazine rings is 1. The number of phenols is 1. The summed E-state index contributed by atoms with van der Waals surface area (Å²) >= 11 is 0. The second-order valence-corrected chi connectivity index (χ2v) is 14.9. The van der Waals surface area contributed by atoms with Crippen LogP contribution in [-0.4, -0.2) is 103 Å². The molecule has 2 aromatic carbocycles. The number of aromatic carboxylic acids is 1. The van der Waals surface area contributed by atoms with Gasteiger partial charge in [0.2, 0.25) is 24.4 Å². The number of likely N-dealkylation sites (tertiary alicyclic amines) is 1. The van der Waals surface area contributed by atoms with Crippen molar-refractivity contribution in [1.82, 2.24) is 29.8 Å². The molecule has 1 saturated carbocycles. The monoisotopic (exact) mass is 877 g/mol. The van der Waals surface area contributed by atoms with Crippen LogP contribution in [0.3, 0.4) is 0 Å². The van der Waals surface area contributed by atoms with E-state index in [1.165, 1.54) is 48.9 Å². The maximum Gasteiger partial charge on any atom is 0.341 e. The fourth-order valence-corrected chi connectivity index (χ4v) is 7.65. The van der Waals surface area contributed by atoms with Crippen LogP contribution >= 0.6 is 0 Å². The van der Waals surface area contributed by atoms with Crippen molar-refractivity contribution >= 4 is 40.9 Å². The lowest BCUT2D eigenvalue weighted by Crippen LogP contribution is -2.54. The number of nitrogen functional groups attached to an aromatic ring is 1. The molecule has 0 bridgehead atoms. The zero-order chi connectivity index (χ0) is 46.0. The van der Waals surface area contributed by atoms with Crippen molar-refractivity contribution in [3.63, 3.8) is 0 Å². The molecule has 5 N–H and O–H groups in total. The number of hydrogen-bond donors (Lipinski definition) is 4. The Hall–Kier alpha value is -6.88. The molecule has 340 valence electrons. The van der Waals surface area contributed by atoms with Crippen LogP contribution in [0.1, 0.15) is 89.4 Å². The molecule has 5 aromatic rings. The van der Waals surface area contributed by atoms with Crippen molar-refractivity contribution in [2.45, 2.75) is 91.8 Å². The number of piperidine rings is 1. The van der Waals surface area contributed by atoms with E-state index in [1.54, 1.807) is 58.5 Å². The average molecular weight is 878 g/mol. The highest BCUT2D eigenvalue weighted by atomic mass is 16.5. The number of anilines is 3. The third-order valence-corrected chi connectivity index (χ3v) is 10.8. The molecular formula is C47H61N10O7+. The maximum absolute atomic E-state index is 12.9. The van der Waals surface area contributed by atoms with E-state index in [4.69, 9.17) is 15.6 Å². The summed E-state index contributed by atoms with van der Waals surface area (Å²) in [6, 6.07) is 20.2. The van der Waals surface area contributed by atoms with E-state index in [0.717, 1.165) is 41.7 Å². The predicted octanol–water partition coefficient (Wildman–Crippen LogP) is 6.31. The van der Waals surface area contributed by atoms with E-state index in [2.05, 4.69) is 25.5 Å². The van der Waals surface area contributed by atoms with E-state index in [-0.39, 0.29) is 41.5 Å². The number of para-hydroxylation sites is 3. The quantitative estimate of drug-likeness (QED) is 0.104. The Balaban J connectivity index is 0.000000201. The van der Waals surface area contributed by atoms with Gasteiger partial charge in [0.15, 0.2) is 18.2 Å². The number of aromatic nitrogens is 5. The molecule has 4 aliphatic rings. The fraction of sp³-hybridized carbons (Fsp3) is 0.404. The maximum atomic E-state index is 12.9. The Morgan fingerprint density at radius 1 is 0.891 bits per heavy atom. The molecular weight excluding hydrogens is 817 g/mol. The lowest BCUT2D eigenvalue weighted by Gasteiger charge is -2.39. The zero-order valence-corrected chi connectivity index (χ0v) is 37.2. The normalized spacial score (nSPS) is 16.1. The number of aromatic hydroxyl groups is 1. The van der Waals surface area contributed by atoms with Gasteiger partial charge in [0.1, 0.15) is 29.4 Å². The highest BCUT2D eigenvalue weighted by Gasteiger charge is 2.31. The van der Waals surface area contributed by atoms with Crippen LogP contribution in [0.2, 0.25) is 0 Å². The largest absolute Gasteiger partial charge is 0.507 e. The Morgan fingerprint density at radius 3 is 2.31 bits per heavy atom. The Morgan fingerprint density at radius 2 is 1.61 bits per heavy atom. The molecule has 3 aromatic heterocycles. The zero-order valence-electron chi connectivity index (χ0n) is 37.2. The number of imide groups is 1. The first-order chi connectivity index (χ1) is 31.1. The molecule has 3 aliphatic heterocycles. The SMILES string of the molecule is CC.CC.Nc1nnc(-c2ccccc2O)cc1-n1cc(N2CCN(C3CCCCC3)CC2=O)cn1.O=C(O)c1ccc[n+](CN2C(=O)CCCC2=O)c1.c1ccc2c(c1)NCCO2. The minimum Gasteiger partial charge on any atom is -0.507 e. The summed E-state index contributed by atoms with van der Waals surface area (Å²) < 4.78 is 8.48. The van der Waals surface area contributed by atoms with Crippen LogP contribution in [0.15, 0.2) is 91.5 Å². The van der Waals surface area contributed by atoms with Gasteiger partial charge in [-0.1, -0.05) is 71.2 Å². The highest BCUT2D eigenvalue weighted by Crippen LogP contribution is 2.31. The molecule has 9 rings (SSSR count). The molecule has 2 saturated heterocycles. The van der Waals surface area contributed by atoms with Gasteiger partial charge < -0.3 is 30.9 Å². The predicted molar refractivity (Wildman–Crippen MR) is 244 cm³/mol. The van der Waals surface area contributed by atoms with Crippen molar-refractivity contribution < 1.29 is 38.7 Å². The number of carboxylic acids is 1. The summed E-state index contributed by atoms with van der Waals surface area (Å²) in [7, 11) is 0. The molecule has 17 nitrogen and oxygen atoms in total. The Kier molecular flexibility index (Phi) is 18.1. The minimum atomic E-state index is -1.04. The molecule has 0 radical (unpaired) electrons. The molecule has 0 spiro atoms. The van der Waals surface area contributed by atoms with Crippen LogP contribution in [-0.2, 0) is 21.1 Å². The van der Waals surface area contributed by atoms with Gasteiger partial charge in [0.05, 0.1) is 36.0 Å². The van der Waals surface area contributed by atoms with Gasteiger partial charge in [0.25, 0.3) is 0 Å². The summed E-state index contributed by atoms with van der Waals surface area (Å²) in [5.74, 6) is -0.0715. The number of rotatable bonds is 7. The summed E-state index contributed by atoms with van der Waals surface area (Å²) in [4.78, 5) is 52.2. The highest BCUT2D eigenvalue weighted by molar-refractivity contribution is 5.97. The van der Waals surface area contributed by atoms with Gasteiger partial charge in [-0.15, -0.1) is 10.2 Å². The van der Waals surface area contributed by atoms with Gasteiger partial charge >= 0.3 is 5.97 Å². The van der Waals surface area contributed by atoms with Gasteiger partial charge in [-0.05, 0) is 55.7 Å². The summed E-state index contributed by atoms with van der Waals surface area (Å²) in [6.45, 7) is 11.7. The van der Waals surface area contributed by atoms with Gasteiger partial charge in [-0.25, -0.2) is 14.4 Å². The van der Waals surface area contributed by atoms with Crippen molar-refractivity contribution in [2.24, 2.45) is 0 Å². The number of phenolic OH excluding ortho intramolecular Hbond substituents is 1. The molecule has 1 aliphatic carbocycles. The number of carboxylic acid groups (broad SMARTS) is 1. The number of fused-ring (bicyclic) bond motifs is 1. The van der Waals surface area contributed by atoms with E-state index < -0.39 is 5.97 Å². The van der Waals surface area contributed by atoms with Gasteiger partial charge in [-0.3, -0.25) is 19.3 Å². The third kappa shape index (κ3) is 12.6. The first-order valence-electron chi connectivity index (χ1n) is 22.2. The third-order valence-electron chi connectivity index (χ3n) is 10.8. The fourth-order valence-electron chi connectivity index (χ4n) is 7.65. The summed E-state index contributed by atoms with van der Waals surface area (Å²) in [5.41, 5.74) is 9.61. The second-order valence-electron chi connectivity index (χ2n) is 14.9. The van der Waals surface area contributed by atoms with Crippen LogP contribution in [0.4, 0.5) is 17.2 Å². The Bertz CT molecular complexity index is 2290. The number of nitrogens with zero attached hydrogens (tertiary/aromatic N) is 8. The molecule has 3 amide bonds. The Labute approximate surface area is 374 Å². The number of amides is 3. The van der Waals surface area contributed by atoms with E-state index in [0.29, 0.717) is 55.3 Å². The average Bonchev–Trinajstić information content (AvgIpc) is 3.83. The van der Waals surface area contributed by atoms with Crippen LogP contribution in [0.25, 0.3) is 16.9 Å². The number of carbonyl (C=O) groups is 4. The van der Waals surface area contributed by atoms with Crippen LogP contribution in [0, 0.1) is 0 Å².